The maximum absolute atomic E-state index is 3.55. The van der Waals surface area contributed by atoms with Gasteiger partial charge in [0.1, 0.15) is 0 Å². The number of hydrogen-bond acceptors (Lipinski definition) is 1. The molecule has 14 heavy (non-hydrogen) atoms. The summed E-state index contributed by atoms with van der Waals surface area (Å²) in [6.45, 7) is 4.41. The van der Waals surface area contributed by atoms with Crippen molar-refractivity contribution in [1.82, 2.24) is 0 Å². The highest BCUT2D eigenvalue weighted by Crippen LogP contribution is 2.34. The lowest BCUT2D eigenvalue weighted by Gasteiger charge is -2.14. The van der Waals surface area contributed by atoms with Crippen LogP contribution in [0.1, 0.15) is 31.7 Å². The number of benzene rings is 1. The largest absolute Gasteiger partial charge is 0.383 e. The number of aryl methyl sites for hydroxylation is 1. The summed E-state index contributed by atoms with van der Waals surface area (Å²) in [6.07, 6.45) is 4.22. The van der Waals surface area contributed by atoms with Gasteiger partial charge in [-0.05, 0) is 43.9 Å². The van der Waals surface area contributed by atoms with E-state index in [4.69, 9.17) is 0 Å². The molecule has 1 nitrogen and oxygen atoms in total. The van der Waals surface area contributed by atoms with Gasteiger partial charge in [0.15, 0.2) is 0 Å². The second-order valence-electron chi connectivity index (χ2n) is 4.59. The molecule has 1 aliphatic carbocycles. The van der Waals surface area contributed by atoms with E-state index >= 15 is 0 Å². The van der Waals surface area contributed by atoms with Crippen LogP contribution in [-0.4, -0.2) is 6.04 Å². The fraction of sp³-hybridized carbons (Fsp3) is 0.538. The van der Waals surface area contributed by atoms with Gasteiger partial charge in [0, 0.05) is 11.7 Å². The first-order valence-corrected chi connectivity index (χ1v) is 5.57. The highest BCUT2D eigenvalue weighted by Gasteiger charge is 2.23. The van der Waals surface area contributed by atoms with Gasteiger partial charge in [0.05, 0.1) is 0 Å². The van der Waals surface area contributed by atoms with Crippen LogP contribution in [0.4, 0.5) is 5.69 Å². The third kappa shape index (κ3) is 2.76. The van der Waals surface area contributed by atoms with Gasteiger partial charge in [-0.3, -0.25) is 0 Å². The Hall–Kier alpha value is -0.980. The zero-order valence-electron chi connectivity index (χ0n) is 9.09. The molecule has 1 unspecified atom stereocenters. The minimum atomic E-state index is 0.615. The first-order chi connectivity index (χ1) is 6.74. The zero-order chi connectivity index (χ0) is 9.97. The molecule has 1 aromatic carbocycles. The van der Waals surface area contributed by atoms with Gasteiger partial charge in [0.25, 0.3) is 0 Å². The van der Waals surface area contributed by atoms with Crippen LogP contribution >= 0.6 is 0 Å². The van der Waals surface area contributed by atoms with E-state index in [1.165, 1.54) is 30.5 Å². The van der Waals surface area contributed by atoms with E-state index in [2.05, 4.69) is 43.4 Å². The Morgan fingerprint density at radius 2 is 2.21 bits per heavy atom. The van der Waals surface area contributed by atoms with Crippen molar-refractivity contribution in [3.8, 4) is 0 Å². The standard InChI is InChI=1S/C13H19N/c1-10-4-3-5-13(8-10)14-11(2)9-12-6-7-12/h3-5,8,11-12,14H,6-7,9H2,1-2H3. The lowest BCUT2D eigenvalue weighted by Crippen LogP contribution is -2.15. The second-order valence-corrected chi connectivity index (χ2v) is 4.59. The monoisotopic (exact) mass is 189 g/mol. The van der Waals surface area contributed by atoms with E-state index in [9.17, 15) is 0 Å². The molecule has 0 bridgehead atoms. The second kappa shape index (κ2) is 4.04. The molecule has 2 rings (SSSR count). The van der Waals surface area contributed by atoms with E-state index in [0.29, 0.717) is 6.04 Å². The third-order valence-electron chi connectivity index (χ3n) is 2.81. The van der Waals surface area contributed by atoms with Crippen LogP contribution in [0.15, 0.2) is 24.3 Å². The van der Waals surface area contributed by atoms with Crippen molar-refractivity contribution >= 4 is 5.69 Å². The van der Waals surface area contributed by atoms with Crippen LogP contribution in [0.2, 0.25) is 0 Å². The van der Waals surface area contributed by atoms with E-state index < -0.39 is 0 Å². The molecule has 0 heterocycles. The molecule has 0 amide bonds. The lowest BCUT2D eigenvalue weighted by atomic mass is 10.1. The Bertz CT molecular complexity index is 302. The molecule has 0 aliphatic heterocycles. The van der Waals surface area contributed by atoms with E-state index in [-0.39, 0.29) is 0 Å². The predicted octanol–water partition coefficient (Wildman–Crippen LogP) is 3.60. The molecular weight excluding hydrogens is 170 g/mol. The van der Waals surface area contributed by atoms with Gasteiger partial charge in [-0.1, -0.05) is 25.0 Å². The molecule has 1 heteroatoms. The zero-order valence-corrected chi connectivity index (χ0v) is 9.09. The number of hydrogen-bond donors (Lipinski definition) is 1. The summed E-state index contributed by atoms with van der Waals surface area (Å²) in [5.41, 5.74) is 2.59. The molecule has 0 spiro atoms. The van der Waals surface area contributed by atoms with Crippen molar-refractivity contribution in [3.63, 3.8) is 0 Å². The highest BCUT2D eigenvalue weighted by molar-refractivity contribution is 5.46. The first-order valence-electron chi connectivity index (χ1n) is 5.57. The minimum absolute atomic E-state index is 0.615. The van der Waals surface area contributed by atoms with E-state index in [0.717, 1.165) is 5.92 Å². The molecule has 0 saturated heterocycles. The lowest BCUT2D eigenvalue weighted by molar-refractivity contribution is 0.642. The Labute approximate surface area is 86.5 Å². The Morgan fingerprint density at radius 3 is 2.86 bits per heavy atom. The maximum Gasteiger partial charge on any atom is 0.0344 e. The van der Waals surface area contributed by atoms with Gasteiger partial charge in [0.2, 0.25) is 0 Å². The van der Waals surface area contributed by atoms with E-state index in [1.807, 2.05) is 0 Å². The summed E-state index contributed by atoms with van der Waals surface area (Å²) >= 11 is 0. The maximum atomic E-state index is 3.55. The summed E-state index contributed by atoms with van der Waals surface area (Å²) < 4.78 is 0. The van der Waals surface area contributed by atoms with Crippen LogP contribution in [0.25, 0.3) is 0 Å². The van der Waals surface area contributed by atoms with Gasteiger partial charge in [-0.15, -0.1) is 0 Å². The van der Waals surface area contributed by atoms with E-state index in [1.54, 1.807) is 0 Å². The van der Waals surface area contributed by atoms with Crippen LogP contribution in [-0.2, 0) is 0 Å². The number of anilines is 1. The van der Waals surface area contributed by atoms with Crippen molar-refractivity contribution < 1.29 is 0 Å². The SMILES string of the molecule is Cc1cccc(NC(C)CC2CC2)c1. The molecule has 1 aromatic rings. The molecule has 76 valence electrons. The average molecular weight is 189 g/mol. The number of nitrogens with one attached hydrogen (secondary N) is 1. The topological polar surface area (TPSA) is 12.0 Å². The van der Waals surface area contributed by atoms with Gasteiger partial charge in [-0.2, -0.15) is 0 Å². The molecule has 1 aliphatic rings. The van der Waals surface area contributed by atoms with Crippen LogP contribution in [0.5, 0.6) is 0 Å². The summed E-state index contributed by atoms with van der Waals surface area (Å²) in [6, 6.07) is 9.22. The molecule has 0 aromatic heterocycles. The van der Waals surface area contributed by atoms with Crippen molar-refractivity contribution in [1.29, 1.82) is 0 Å². The molecule has 1 saturated carbocycles. The van der Waals surface area contributed by atoms with Crippen LogP contribution in [0.3, 0.4) is 0 Å². The van der Waals surface area contributed by atoms with Gasteiger partial charge >= 0.3 is 0 Å². The summed E-state index contributed by atoms with van der Waals surface area (Å²) in [5.74, 6) is 1.00. The summed E-state index contributed by atoms with van der Waals surface area (Å²) in [7, 11) is 0. The van der Waals surface area contributed by atoms with Crippen LogP contribution in [0, 0.1) is 12.8 Å². The summed E-state index contributed by atoms with van der Waals surface area (Å²) in [4.78, 5) is 0. The van der Waals surface area contributed by atoms with Crippen LogP contribution < -0.4 is 5.32 Å². The first kappa shape index (κ1) is 9.57. The smallest absolute Gasteiger partial charge is 0.0344 e. The van der Waals surface area contributed by atoms with Crippen molar-refractivity contribution in [2.45, 2.75) is 39.2 Å². The Balaban J connectivity index is 1.88. The minimum Gasteiger partial charge on any atom is -0.383 e. The van der Waals surface area contributed by atoms with Crippen molar-refractivity contribution in [2.24, 2.45) is 5.92 Å². The highest BCUT2D eigenvalue weighted by atomic mass is 14.9. The molecule has 0 radical (unpaired) electrons. The van der Waals surface area contributed by atoms with Crippen molar-refractivity contribution in [3.05, 3.63) is 29.8 Å². The molecule has 1 fully saturated rings. The Kier molecular flexibility index (Phi) is 2.76. The molecule has 1 atom stereocenters. The Morgan fingerprint density at radius 1 is 1.43 bits per heavy atom. The van der Waals surface area contributed by atoms with Gasteiger partial charge in [-0.25, -0.2) is 0 Å². The third-order valence-corrected chi connectivity index (χ3v) is 2.81. The average Bonchev–Trinajstić information content (AvgIpc) is 2.87. The normalized spacial score (nSPS) is 17.9. The van der Waals surface area contributed by atoms with Crippen molar-refractivity contribution in [2.75, 3.05) is 5.32 Å². The molecule has 1 N–H and O–H groups in total. The fourth-order valence-electron chi connectivity index (χ4n) is 1.93. The predicted molar refractivity (Wildman–Crippen MR) is 61.6 cm³/mol. The van der Waals surface area contributed by atoms with Gasteiger partial charge < -0.3 is 5.32 Å². The number of rotatable bonds is 4. The summed E-state index contributed by atoms with van der Waals surface area (Å²) in [5, 5.41) is 3.55. The fourth-order valence-corrected chi connectivity index (χ4v) is 1.93. The molecular formula is C13H19N. The quantitative estimate of drug-likeness (QED) is 0.763.